The van der Waals surface area contributed by atoms with Crippen LogP contribution in [0.25, 0.3) is 5.69 Å². The van der Waals surface area contributed by atoms with Crippen LogP contribution in [0, 0.1) is 0 Å². The minimum absolute atomic E-state index is 0.119. The van der Waals surface area contributed by atoms with Crippen molar-refractivity contribution in [2.45, 2.75) is 23.9 Å². The third-order valence-electron chi connectivity index (χ3n) is 3.81. The zero-order chi connectivity index (χ0) is 20.8. The predicted octanol–water partition coefficient (Wildman–Crippen LogP) is 3.18. The van der Waals surface area contributed by atoms with Crippen LogP contribution in [0.1, 0.15) is 12.7 Å². The van der Waals surface area contributed by atoms with Gasteiger partial charge in [0.05, 0.1) is 10.3 Å². The van der Waals surface area contributed by atoms with Gasteiger partial charge >= 0.3 is 6.03 Å². The Morgan fingerprint density at radius 3 is 2.55 bits per heavy atom. The number of thioether (sulfide) groups is 1. The number of imide groups is 1. The summed E-state index contributed by atoms with van der Waals surface area (Å²) in [6, 6.07) is 15.7. The van der Waals surface area contributed by atoms with Crippen molar-refractivity contribution in [1.82, 2.24) is 20.1 Å². The largest absolute Gasteiger partial charge is 0.484 e. The lowest BCUT2D eigenvalue weighted by molar-refractivity contribution is -0.119. The molecule has 0 aliphatic rings. The van der Waals surface area contributed by atoms with Crippen LogP contribution in [-0.4, -0.2) is 32.0 Å². The highest BCUT2D eigenvalue weighted by atomic mass is 35.5. The molecule has 0 fully saturated rings. The van der Waals surface area contributed by atoms with E-state index in [9.17, 15) is 9.59 Å². The molecule has 1 heterocycles. The van der Waals surface area contributed by atoms with Crippen LogP contribution in [0.4, 0.5) is 4.79 Å². The number of ether oxygens (including phenoxy) is 1. The molecule has 0 saturated heterocycles. The highest BCUT2D eigenvalue weighted by molar-refractivity contribution is 8.00. The van der Waals surface area contributed by atoms with Crippen LogP contribution in [0.3, 0.4) is 0 Å². The van der Waals surface area contributed by atoms with Crippen molar-refractivity contribution in [3.63, 3.8) is 0 Å². The Kier molecular flexibility index (Phi) is 6.73. The van der Waals surface area contributed by atoms with E-state index < -0.39 is 17.2 Å². The van der Waals surface area contributed by atoms with Gasteiger partial charge in [-0.3, -0.25) is 14.7 Å². The Labute approximate surface area is 176 Å². The van der Waals surface area contributed by atoms with E-state index in [1.165, 1.54) is 0 Å². The van der Waals surface area contributed by atoms with Gasteiger partial charge in [-0.05, 0) is 31.2 Å². The van der Waals surface area contributed by atoms with Crippen molar-refractivity contribution in [3.8, 4) is 11.4 Å². The third-order valence-corrected chi connectivity index (χ3v) is 5.16. The number of hydrogen-bond acceptors (Lipinski definition) is 6. The maximum Gasteiger partial charge on any atom is 0.318 e. The average molecular weight is 432 g/mol. The lowest BCUT2D eigenvalue weighted by atomic mass is 10.3. The highest BCUT2D eigenvalue weighted by Crippen LogP contribution is 2.28. The first-order valence-electron chi connectivity index (χ1n) is 8.59. The predicted molar refractivity (Wildman–Crippen MR) is 110 cm³/mol. The van der Waals surface area contributed by atoms with Crippen molar-refractivity contribution in [2.75, 3.05) is 0 Å². The number of carbonyl (C=O) groups excluding carboxylic acids is 2. The molecule has 2 aromatic carbocycles. The summed E-state index contributed by atoms with van der Waals surface area (Å²) in [4.78, 5) is 23.0. The maximum absolute atomic E-state index is 12.0. The lowest BCUT2D eigenvalue weighted by Gasteiger charge is -2.13. The van der Waals surface area contributed by atoms with E-state index in [1.807, 2.05) is 42.5 Å². The number of carbonyl (C=O) groups is 2. The van der Waals surface area contributed by atoms with Gasteiger partial charge in [-0.15, -0.1) is 10.2 Å². The molecule has 0 aliphatic carbocycles. The molecule has 150 valence electrons. The van der Waals surface area contributed by atoms with Crippen LogP contribution < -0.4 is 15.8 Å². The van der Waals surface area contributed by atoms with Gasteiger partial charge in [-0.25, -0.2) is 4.79 Å². The number of nitrogens with one attached hydrogen (secondary N) is 1. The van der Waals surface area contributed by atoms with Gasteiger partial charge in [0, 0.05) is 5.69 Å². The van der Waals surface area contributed by atoms with Crippen molar-refractivity contribution in [1.29, 1.82) is 0 Å². The van der Waals surface area contributed by atoms with Gasteiger partial charge in [0.15, 0.2) is 11.0 Å². The average Bonchev–Trinajstić information content (AvgIpc) is 3.10. The van der Waals surface area contributed by atoms with Crippen LogP contribution >= 0.6 is 23.4 Å². The van der Waals surface area contributed by atoms with Crippen molar-refractivity contribution in [2.24, 2.45) is 5.73 Å². The van der Waals surface area contributed by atoms with Gasteiger partial charge in [-0.1, -0.05) is 53.7 Å². The Bertz CT molecular complexity index is 1010. The number of para-hydroxylation sites is 2. The molecule has 8 nitrogen and oxygen atoms in total. The van der Waals surface area contributed by atoms with Gasteiger partial charge < -0.3 is 10.5 Å². The fourth-order valence-corrected chi connectivity index (χ4v) is 3.52. The SMILES string of the molecule is CC(Sc1nnc(COc2ccccc2Cl)n1-c1ccccc1)C(=O)NC(N)=O. The number of halogens is 1. The number of hydrogen-bond donors (Lipinski definition) is 2. The fraction of sp³-hybridized carbons (Fsp3) is 0.158. The number of primary amides is 1. The van der Waals surface area contributed by atoms with Gasteiger partial charge in [0.2, 0.25) is 5.91 Å². The molecule has 0 spiro atoms. The minimum Gasteiger partial charge on any atom is -0.484 e. The summed E-state index contributed by atoms with van der Waals surface area (Å²) in [5, 5.41) is 10.8. The monoisotopic (exact) mass is 431 g/mol. The van der Waals surface area contributed by atoms with Gasteiger partial charge in [-0.2, -0.15) is 0 Å². The first-order chi connectivity index (χ1) is 14.0. The quantitative estimate of drug-likeness (QED) is 0.555. The summed E-state index contributed by atoms with van der Waals surface area (Å²) in [5.74, 6) is 0.542. The standard InChI is InChI=1S/C19H18ClN5O3S/c1-12(17(26)22-18(21)27)29-19-24-23-16(25(19)13-7-3-2-4-8-13)11-28-15-10-6-5-9-14(15)20/h2-10,12H,11H2,1H3,(H3,21,22,26,27). The number of rotatable bonds is 7. The zero-order valence-corrected chi connectivity index (χ0v) is 17.0. The second-order valence-electron chi connectivity index (χ2n) is 5.90. The molecule has 1 unspecified atom stereocenters. The number of benzene rings is 2. The molecule has 3 rings (SSSR count). The Hall–Kier alpha value is -3.04. The number of urea groups is 1. The summed E-state index contributed by atoms with van der Waals surface area (Å²) in [7, 11) is 0. The molecule has 3 amide bonds. The summed E-state index contributed by atoms with van der Waals surface area (Å²) < 4.78 is 7.59. The molecule has 0 saturated carbocycles. The molecule has 3 aromatic rings. The molecule has 3 N–H and O–H groups in total. The van der Waals surface area contributed by atoms with Crippen molar-refractivity contribution < 1.29 is 14.3 Å². The summed E-state index contributed by atoms with van der Waals surface area (Å²) in [5.41, 5.74) is 5.82. The Morgan fingerprint density at radius 2 is 1.86 bits per heavy atom. The Morgan fingerprint density at radius 1 is 1.17 bits per heavy atom. The van der Waals surface area contributed by atoms with E-state index >= 15 is 0 Å². The number of nitrogens with zero attached hydrogens (tertiary/aromatic N) is 3. The summed E-state index contributed by atoms with van der Waals surface area (Å²) in [6.45, 7) is 1.76. The molecule has 0 radical (unpaired) electrons. The normalized spacial score (nSPS) is 11.7. The third kappa shape index (κ3) is 5.27. The zero-order valence-electron chi connectivity index (χ0n) is 15.4. The van der Waals surface area contributed by atoms with Crippen LogP contribution in [0.2, 0.25) is 5.02 Å². The topological polar surface area (TPSA) is 112 Å². The van der Waals surface area contributed by atoms with E-state index in [1.54, 1.807) is 23.6 Å². The van der Waals surface area contributed by atoms with Crippen molar-refractivity contribution >= 4 is 35.3 Å². The highest BCUT2D eigenvalue weighted by Gasteiger charge is 2.22. The van der Waals surface area contributed by atoms with E-state index in [0.29, 0.717) is 21.8 Å². The second kappa shape index (κ2) is 9.44. The maximum atomic E-state index is 12.0. The van der Waals surface area contributed by atoms with E-state index in [-0.39, 0.29) is 6.61 Å². The van der Waals surface area contributed by atoms with Crippen LogP contribution in [0.15, 0.2) is 59.8 Å². The molecule has 0 aliphatic heterocycles. The molecule has 1 aromatic heterocycles. The van der Waals surface area contributed by atoms with E-state index in [4.69, 9.17) is 22.1 Å². The lowest BCUT2D eigenvalue weighted by Crippen LogP contribution is -2.39. The first-order valence-corrected chi connectivity index (χ1v) is 9.85. The van der Waals surface area contributed by atoms with Gasteiger partial charge in [0.25, 0.3) is 0 Å². The molecule has 1 atom stereocenters. The van der Waals surface area contributed by atoms with E-state index in [0.717, 1.165) is 17.4 Å². The first kappa shape index (κ1) is 20.7. The minimum atomic E-state index is -0.902. The number of aromatic nitrogens is 3. The van der Waals surface area contributed by atoms with E-state index in [2.05, 4.69) is 15.5 Å². The molecule has 10 heteroatoms. The molecule has 0 bridgehead atoms. The summed E-state index contributed by atoms with van der Waals surface area (Å²) >= 11 is 7.29. The Balaban J connectivity index is 1.86. The molecular formula is C19H18ClN5O3S. The molecule has 29 heavy (non-hydrogen) atoms. The van der Waals surface area contributed by atoms with Crippen LogP contribution in [-0.2, 0) is 11.4 Å². The second-order valence-corrected chi connectivity index (χ2v) is 7.62. The van der Waals surface area contributed by atoms with Crippen LogP contribution in [0.5, 0.6) is 5.75 Å². The smallest absolute Gasteiger partial charge is 0.318 e. The summed E-state index contributed by atoms with van der Waals surface area (Å²) in [6.07, 6.45) is 0. The molecular weight excluding hydrogens is 414 g/mol. The van der Waals surface area contributed by atoms with Gasteiger partial charge in [0.1, 0.15) is 12.4 Å². The fourth-order valence-electron chi connectivity index (χ4n) is 2.45. The number of amides is 3. The number of nitrogens with two attached hydrogens (primary N) is 1. The van der Waals surface area contributed by atoms with Crippen molar-refractivity contribution in [3.05, 3.63) is 65.4 Å².